The van der Waals surface area contributed by atoms with Gasteiger partial charge in [0, 0.05) is 49.1 Å². The molecule has 8 nitrogen and oxygen atoms in total. The van der Waals surface area contributed by atoms with Crippen molar-refractivity contribution in [2.24, 2.45) is 0 Å². The zero-order valence-electron chi connectivity index (χ0n) is 14.3. The van der Waals surface area contributed by atoms with E-state index in [-0.39, 0.29) is 0 Å². The molecule has 0 amide bonds. The van der Waals surface area contributed by atoms with Crippen molar-refractivity contribution < 1.29 is 8.42 Å². The highest BCUT2D eigenvalue weighted by Crippen LogP contribution is 2.26. The Morgan fingerprint density at radius 3 is 2.44 bits per heavy atom. The molecule has 0 unspecified atom stereocenters. The molecule has 1 aliphatic heterocycles. The van der Waals surface area contributed by atoms with Crippen molar-refractivity contribution in [1.29, 1.82) is 0 Å². The molecule has 2 aromatic heterocycles. The first kappa shape index (κ1) is 18.1. The fourth-order valence-electron chi connectivity index (χ4n) is 3.00. The Bertz CT molecular complexity index is 1030. The fourth-order valence-corrected chi connectivity index (χ4v) is 5.38. The van der Waals surface area contributed by atoms with Crippen molar-refractivity contribution in [2.75, 3.05) is 31.1 Å². The molecule has 0 atom stereocenters. The number of nitrogens with zero attached hydrogens (tertiary/aromatic N) is 6. The number of piperazine rings is 1. The van der Waals surface area contributed by atoms with Crippen molar-refractivity contribution in [3.63, 3.8) is 0 Å². The summed E-state index contributed by atoms with van der Waals surface area (Å²) in [5.41, 5.74) is 0. The first-order chi connectivity index (χ1) is 13.1. The van der Waals surface area contributed by atoms with E-state index in [1.54, 1.807) is 41.4 Å². The van der Waals surface area contributed by atoms with Gasteiger partial charge in [-0.3, -0.25) is 4.57 Å². The third kappa shape index (κ3) is 3.60. The molecular weight excluding hydrogens is 432 g/mol. The van der Waals surface area contributed by atoms with Gasteiger partial charge in [0.15, 0.2) is 0 Å². The van der Waals surface area contributed by atoms with Gasteiger partial charge in [0.1, 0.15) is 24.3 Å². The van der Waals surface area contributed by atoms with E-state index in [0.717, 1.165) is 11.6 Å². The minimum atomic E-state index is -3.53. The third-order valence-corrected chi connectivity index (χ3v) is 7.34. The molecule has 1 saturated heterocycles. The van der Waals surface area contributed by atoms with Crippen LogP contribution in [0.15, 0.2) is 64.7 Å². The highest BCUT2D eigenvalue weighted by Gasteiger charge is 2.30. The molecule has 0 aliphatic carbocycles. The quantitative estimate of drug-likeness (QED) is 0.606. The van der Waals surface area contributed by atoms with Crippen LogP contribution in [0.4, 0.5) is 5.82 Å². The van der Waals surface area contributed by atoms with Gasteiger partial charge in [0.2, 0.25) is 10.0 Å². The molecular formula is C17H17BrN6O2S. The van der Waals surface area contributed by atoms with E-state index in [0.29, 0.717) is 35.5 Å². The largest absolute Gasteiger partial charge is 0.354 e. The topological polar surface area (TPSA) is 84.2 Å². The Labute approximate surface area is 165 Å². The highest BCUT2D eigenvalue weighted by atomic mass is 79.9. The number of benzene rings is 1. The van der Waals surface area contributed by atoms with Gasteiger partial charge in [-0.25, -0.2) is 23.4 Å². The van der Waals surface area contributed by atoms with Crippen LogP contribution in [-0.2, 0) is 10.0 Å². The average Bonchev–Trinajstić information content (AvgIpc) is 3.23. The Morgan fingerprint density at radius 2 is 1.74 bits per heavy atom. The van der Waals surface area contributed by atoms with Gasteiger partial charge in [-0.2, -0.15) is 4.31 Å². The van der Waals surface area contributed by atoms with Crippen molar-refractivity contribution in [3.8, 4) is 5.82 Å². The van der Waals surface area contributed by atoms with Crippen LogP contribution in [0.5, 0.6) is 0 Å². The van der Waals surface area contributed by atoms with Crippen LogP contribution in [0, 0.1) is 0 Å². The first-order valence-electron chi connectivity index (χ1n) is 8.36. The number of hydrogen-bond donors (Lipinski definition) is 0. The SMILES string of the molecule is O=S(=O)(c1ccccc1Br)N1CCN(c2cc(-n3ccnc3)ncn2)CC1. The predicted molar refractivity (Wildman–Crippen MR) is 104 cm³/mol. The highest BCUT2D eigenvalue weighted by molar-refractivity contribution is 9.10. The first-order valence-corrected chi connectivity index (χ1v) is 10.6. The van der Waals surface area contributed by atoms with Crippen LogP contribution in [0.1, 0.15) is 0 Å². The van der Waals surface area contributed by atoms with Gasteiger partial charge in [-0.15, -0.1) is 0 Å². The van der Waals surface area contributed by atoms with Crippen molar-refractivity contribution >= 4 is 31.8 Å². The maximum absolute atomic E-state index is 12.9. The summed E-state index contributed by atoms with van der Waals surface area (Å²) in [6, 6.07) is 8.76. The lowest BCUT2D eigenvalue weighted by molar-refractivity contribution is 0.383. The van der Waals surface area contributed by atoms with E-state index in [4.69, 9.17) is 0 Å². The number of hydrogen-bond acceptors (Lipinski definition) is 6. The van der Waals surface area contributed by atoms with Gasteiger partial charge in [0.05, 0.1) is 4.90 Å². The van der Waals surface area contributed by atoms with E-state index in [9.17, 15) is 8.42 Å². The van der Waals surface area contributed by atoms with Crippen molar-refractivity contribution in [2.45, 2.75) is 4.90 Å². The smallest absolute Gasteiger partial charge is 0.244 e. The summed E-state index contributed by atoms with van der Waals surface area (Å²) in [7, 11) is -3.53. The van der Waals surface area contributed by atoms with Gasteiger partial charge >= 0.3 is 0 Å². The van der Waals surface area contributed by atoms with Gasteiger partial charge in [-0.1, -0.05) is 12.1 Å². The Hall–Kier alpha value is -2.30. The van der Waals surface area contributed by atoms with Gasteiger partial charge < -0.3 is 4.90 Å². The second-order valence-electron chi connectivity index (χ2n) is 6.03. The molecule has 3 heterocycles. The molecule has 0 N–H and O–H groups in total. The lowest BCUT2D eigenvalue weighted by atomic mass is 10.3. The second kappa shape index (κ2) is 7.37. The molecule has 0 saturated carbocycles. The predicted octanol–water partition coefficient (Wildman–Crippen LogP) is 1.94. The van der Waals surface area contributed by atoms with E-state index in [1.165, 1.54) is 10.6 Å². The third-order valence-electron chi connectivity index (χ3n) is 4.42. The number of aromatic nitrogens is 4. The molecule has 3 aromatic rings. The van der Waals surface area contributed by atoms with Crippen molar-refractivity contribution in [1.82, 2.24) is 23.8 Å². The summed E-state index contributed by atoms with van der Waals surface area (Å²) >= 11 is 3.33. The monoisotopic (exact) mass is 448 g/mol. The second-order valence-corrected chi connectivity index (χ2v) is 8.79. The van der Waals surface area contributed by atoms with Gasteiger partial charge in [-0.05, 0) is 28.1 Å². The normalized spacial score (nSPS) is 15.8. The summed E-state index contributed by atoms with van der Waals surface area (Å²) in [6.07, 6.45) is 6.69. The molecule has 0 spiro atoms. The van der Waals surface area contributed by atoms with E-state index in [2.05, 4.69) is 35.8 Å². The van der Waals surface area contributed by atoms with E-state index in [1.807, 2.05) is 12.3 Å². The van der Waals surface area contributed by atoms with Crippen LogP contribution >= 0.6 is 15.9 Å². The molecule has 0 bridgehead atoms. The molecule has 1 aromatic carbocycles. The summed E-state index contributed by atoms with van der Waals surface area (Å²) in [5, 5.41) is 0. The van der Waals surface area contributed by atoms with Crippen LogP contribution in [0.2, 0.25) is 0 Å². The zero-order valence-corrected chi connectivity index (χ0v) is 16.7. The Kier molecular flexibility index (Phi) is 4.94. The standard InChI is InChI=1S/C17H17BrN6O2S/c18-14-3-1-2-4-15(14)27(25,26)24-9-7-22(8-10-24)16-11-17(21-12-20-16)23-6-5-19-13-23/h1-6,11-13H,7-10H2. The van der Waals surface area contributed by atoms with Crippen LogP contribution < -0.4 is 4.90 Å². The van der Waals surface area contributed by atoms with Crippen molar-refractivity contribution in [3.05, 3.63) is 59.9 Å². The minimum Gasteiger partial charge on any atom is -0.354 e. The van der Waals surface area contributed by atoms with E-state index < -0.39 is 10.0 Å². The number of imidazole rings is 1. The summed E-state index contributed by atoms with van der Waals surface area (Å²) < 4.78 is 29.7. The van der Waals surface area contributed by atoms with Crippen LogP contribution in [0.25, 0.3) is 5.82 Å². The average molecular weight is 449 g/mol. The molecule has 140 valence electrons. The zero-order chi connectivity index (χ0) is 18.9. The molecule has 1 fully saturated rings. The van der Waals surface area contributed by atoms with Crippen LogP contribution in [-0.4, -0.2) is 58.4 Å². The summed E-state index contributed by atoms with van der Waals surface area (Å²) in [5.74, 6) is 1.49. The molecule has 4 rings (SSSR count). The number of halogens is 1. The fraction of sp³-hybridized carbons (Fsp3) is 0.235. The molecule has 27 heavy (non-hydrogen) atoms. The summed E-state index contributed by atoms with van der Waals surface area (Å²) in [6.45, 7) is 1.91. The Morgan fingerprint density at radius 1 is 1.00 bits per heavy atom. The number of sulfonamides is 1. The number of rotatable bonds is 4. The minimum absolute atomic E-state index is 0.294. The number of anilines is 1. The molecule has 0 radical (unpaired) electrons. The maximum atomic E-state index is 12.9. The summed E-state index contributed by atoms with van der Waals surface area (Å²) in [4.78, 5) is 15.0. The lowest BCUT2D eigenvalue weighted by Gasteiger charge is -2.34. The Balaban J connectivity index is 1.50. The van der Waals surface area contributed by atoms with Gasteiger partial charge in [0.25, 0.3) is 0 Å². The molecule has 1 aliphatic rings. The van der Waals surface area contributed by atoms with E-state index >= 15 is 0 Å². The lowest BCUT2D eigenvalue weighted by Crippen LogP contribution is -2.49. The maximum Gasteiger partial charge on any atom is 0.244 e. The molecule has 10 heteroatoms. The van der Waals surface area contributed by atoms with Crippen LogP contribution in [0.3, 0.4) is 0 Å².